The van der Waals surface area contributed by atoms with Gasteiger partial charge in [0.25, 0.3) is 0 Å². The standard InChI is InChI=1S/C15H16F3N3OS/c1-10-3-5-11(6-4-10)12-7-19-14(21(12)2)23-8-13(22)20-9-15(16,17)18/h3-7H,8-9H2,1-2H3,(H,20,22). The number of benzene rings is 1. The number of imidazole rings is 1. The summed E-state index contributed by atoms with van der Waals surface area (Å²) in [6.07, 6.45) is -2.72. The van der Waals surface area contributed by atoms with Crippen molar-refractivity contribution in [2.24, 2.45) is 7.05 Å². The number of aryl methyl sites for hydroxylation is 1. The normalized spacial score (nSPS) is 11.5. The smallest absolute Gasteiger partial charge is 0.346 e. The molecule has 0 aliphatic heterocycles. The van der Waals surface area contributed by atoms with Gasteiger partial charge >= 0.3 is 6.18 Å². The first-order valence-electron chi connectivity index (χ1n) is 6.81. The fourth-order valence-electron chi connectivity index (χ4n) is 1.90. The zero-order chi connectivity index (χ0) is 17.0. The van der Waals surface area contributed by atoms with E-state index in [1.54, 1.807) is 13.2 Å². The molecule has 0 radical (unpaired) electrons. The van der Waals surface area contributed by atoms with E-state index in [9.17, 15) is 18.0 Å². The molecule has 0 aliphatic carbocycles. The fourth-order valence-corrected chi connectivity index (χ4v) is 2.68. The molecule has 1 amide bonds. The molecule has 0 fully saturated rings. The lowest BCUT2D eigenvalue weighted by Gasteiger charge is -2.08. The molecule has 1 aromatic heterocycles. The predicted molar refractivity (Wildman–Crippen MR) is 83.2 cm³/mol. The van der Waals surface area contributed by atoms with E-state index in [0.29, 0.717) is 5.16 Å². The van der Waals surface area contributed by atoms with Gasteiger partial charge in [-0.2, -0.15) is 13.2 Å². The number of alkyl halides is 3. The summed E-state index contributed by atoms with van der Waals surface area (Å²) in [5, 5.41) is 2.41. The number of halogens is 3. The first-order chi connectivity index (χ1) is 10.8. The summed E-state index contributed by atoms with van der Waals surface area (Å²) in [6.45, 7) is 0.676. The number of nitrogens with zero attached hydrogens (tertiary/aromatic N) is 2. The van der Waals surface area contributed by atoms with Gasteiger partial charge < -0.3 is 9.88 Å². The van der Waals surface area contributed by atoms with Crippen LogP contribution in [0.15, 0.2) is 35.6 Å². The van der Waals surface area contributed by atoms with E-state index in [-0.39, 0.29) is 5.75 Å². The second kappa shape index (κ2) is 7.08. The van der Waals surface area contributed by atoms with Crippen LogP contribution >= 0.6 is 11.8 Å². The highest BCUT2D eigenvalue weighted by Crippen LogP contribution is 2.25. The molecule has 2 rings (SSSR count). The molecule has 0 spiro atoms. The number of nitrogens with one attached hydrogen (secondary N) is 1. The zero-order valence-corrected chi connectivity index (χ0v) is 13.5. The van der Waals surface area contributed by atoms with Crippen LogP contribution in [0.1, 0.15) is 5.56 Å². The summed E-state index contributed by atoms with van der Waals surface area (Å²) in [6, 6.07) is 7.91. The van der Waals surface area contributed by atoms with Crippen molar-refractivity contribution >= 4 is 17.7 Å². The summed E-state index contributed by atoms with van der Waals surface area (Å²) >= 11 is 1.10. The Balaban J connectivity index is 1.97. The maximum atomic E-state index is 12.0. The number of thioether (sulfide) groups is 1. The Kier molecular flexibility index (Phi) is 5.35. The van der Waals surface area contributed by atoms with Crippen LogP contribution in [-0.2, 0) is 11.8 Å². The van der Waals surface area contributed by atoms with Gasteiger partial charge in [-0.15, -0.1) is 0 Å². The van der Waals surface area contributed by atoms with Crippen LogP contribution in [0.5, 0.6) is 0 Å². The summed E-state index contributed by atoms with van der Waals surface area (Å²) < 4.78 is 37.9. The van der Waals surface area contributed by atoms with E-state index in [0.717, 1.165) is 28.6 Å². The van der Waals surface area contributed by atoms with Crippen LogP contribution in [0.25, 0.3) is 11.3 Å². The maximum Gasteiger partial charge on any atom is 0.405 e. The van der Waals surface area contributed by atoms with Crippen molar-refractivity contribution in [3.05, 3.63) is 36.0 Å². The second-order valence-corrected chi connectivity index (χ2v) is 5.97. The quantitative estimate of drug-likeness (QED) is 0.849. The van der Waals surface area contributed by atoms with E-state index in [1.807, 2.05) is 41.1 Å². The molecule has 0 aliphatic rings. The molecule has 1 aromatic carbocycles. The average Bonchev–Trinajstić information content (AvgIpc) is 2.84. The van der Waals surface area contributed by atoms with Crippen molar-refractivity contribution in [1.29, 1.82) is 0 Å². The first-order valence-corrected chi connectivity index (χ1v) is 7.80. The first kappa shape index (κ1) is 17.4. The van der Waals surface area contributed by atoms with Gasteiger partial charge in [-0.1, -0.05) is 41.6 Å². The van der Waals surface area contributed by atoms with Crippen molar-refractivity contribution in [1.82, 2.24) is 14.9 Å². The third-order valence-electron chi connectivity index (χ3n) is 3.11. The van der Waals surface area contributed by atoms with Crippen molar-refractivity contribution in [2.75, 3.05) is 12.3 Å². The van der Waals surface area contributed by atoms with Gasteiger partial charge in [-0.25, -0.2) is 4.98 Å². The molecule has 0 saturated heterocycles. The lowest BCUT2D eigenvalue weighted by atomic mass is 10.1. The lowest BCUT2D eigenvalue weighted by molar-refractivity contribution is -0.136. The number of amides is 1. The van der Waals surface area contributed by atoms with E-state index in [1.165, 1.54) is 0 Å². The van der Waals surface area contributed by atoms with Gasteiger partial charge in [0, 0.05) is 7.05 Å². The summed E-state index contributed by atoms with van der Waals surface area (Å²) in [5.74, 6) is -0.791. The van der Waals surface area contributed by atoms with Crippen molar-refractivity contribution in [3.8, 4) is 11.3 Å². The molecular weight excluding hydrogens is 327 g/mol. The molecule has 1 heterocycles. The van der Waals surface area contributed by atoms with E-state index >= 15 is 0 Å². The minimum atomic E-state index is -4.40. The molecule has 1 N–H and O–H groups in total. The number of hydrogen-bond donors (Lipinski definition) is 1. The molecule has 8 heteroatoms. The van der Waals surface area contributed by atoms with Crippen LogP contribution in [0.3, 0.4) is 0 Å². The Morgan fingerprint density at radius 3 is 2.57 bits per heavy atom. The third kappa shape index (κ3) is 5.02. The fraction of sp³-hybridized carbons (Fsp3) is 0.333. The molecule has 0 unspecified atom stereocenters. The van der Waals surface area contributed by atoms with E-state index in [4.69, 9.17) is 0 Å². The van der Waals surface area contributed by atoms with Crippen LogP contribution in [0.2, 0.25) is 0 Å². The topological polar surface area (TPSA) is 46.9 Å². The van der Waals surface area contributed by atoms with E-state index in [2.05, 4.69) is 4.98 Å². The molecule has 0 bridgehead atoms. The molecule has 2 aromatic rings. The Hall–Kier alpha value is -1.96. The predicted octanol–water partition coefficient (Wildman–Crippen LogP) is 3.17. The summed E-state index contributed by atoms with van der Waals surface area (Å²) in [4.78, 5) is 15.6. The SMILES string of the molecule is Cc1ccc(-c2cnc(SCC(=O)NCC(F)(F)F)n2C)cc1. The van der Waals surface area contributed by atoms with Gasteiger partial charge in [0.15, 0.2) is 5.16 Å². The van der Waals surface area contributed by atoms with E-state index < -0.39 is 18.6 Å². The number of carbonyl (C=O) groups excluding carboxylic acids is 1. The maximum absolute atomic E-state index is 12.0. The molecule has 0 saturated carbocycles. The second-order valence-electron chi connectivity index (χ2n) is 5.03. The monoisotopic (exact) mass is 343 g/mol. The molecular formula is C15H16F3N3OS. The van der Waals surface area contributed by atoms with Crippen molar-refractivity contribution in [2.45, 2.75) is 18.3 Å². The van der Waals surface area contributed by atoms with Crippen LogP contribution in [-0.4, -0.2) is 33.9 Å². The zero-order valence-electron chi connectivity index (χ0n) is 12.6. The van der Waals surface area contributed by atoms with Gasteiger partial charge in [-0.3, -0.25) is 4.79 Å². The van der Waals surface area contributed by atoms with Crippen LogP contribution < -0.4 is 5.32 Å². The van der Waals surface area contributed by atoms with Crippen molar-refractivity contribution < 1.29 is 18.0 Å². The Morgan fingerprint density at radius 2 is 1.96 bits per heavy atom. The Bertz CT molecular complexity index is 680. The van der Waals surface area contributed by atoms with Gasteiger partial charge in [-0.05, 0) is 12.5 Å². The molecule has 23 heavy (non-hydrogen) atoms. The number of carbonyl (C=O) groups is 1. The molecule has 124 valence electrons. The number of aromatic nitrogens is 2. The highest BCUT2D eigenvalue weighted by Gasteiger charge is 2.27. The highest BCUT2D eigenvalue weighted by atomic mass is 32.2. The summed E-state index contributed by atoms with van der Waals surface area (Å²) in [7, 11) is 1.80. The third-order valence-corrected chi connectivity index (χ3v) is 4.16. The van der Waals surface area contributed by atoms with Crippen LogP contribution in [0, 0.1) is 6.92 Å². The number of hydrogen-bond acceptors (Lipinski definition) is 3. The minimum absolute atomic E-state index is 0.117. The number of rotatable bonds is 5. The lowest BCUT2D eigenvalue weighted by Crippen LogP contribution is -2.34. The summed E-state index contributed by atoms with van der Waals surface area (Å²) in [5.41, 5.74) is 3.01. The molecule has 0 atom stereocenters. The largest absolute Gasteiger partial charge is 0.405 e. The van der Waals surface area contributed by atoms with Gasteiger partial charge in [0.2, 0.25) is 5.91 Å². The molecule has 4 nitrogen and oxygen atoms in total. The Morgan fingerprint density at radius 1 is 1.30 bits per heavy atom. The highest BCUT2D eigenvalue weighted by molar-refractivity contribution is 7.99. The van der Waals surface area contributed by atoms with Crippen molar-refractivity contribution in [3.63, 3.8) is 0 Å². The minimum Gasteiger partial charge on any atom is -0.346 e. The van der Waals surface area contributed by atoms with Gasteiger partial charge in [0.1, 0.15) is 6.54 Å². The van der Waals surface area contributed by atoms with Crippen LogP contribution in [0.4, 0.5) is 13.2 Å². The Labute approximate surface area is 136 Å². The average molecular weight is 343 g/mol. The van der Waals surface area contributed by atoms with Gasteiger partial charge in [0.05, 0.1) is 17.6 Å².